The van der Waals surface area contributed by atoms with Crippen LogP contribution in [0, 0.1) is 6.92 Å². The normalized spacial score (nSPS) is 17.8. The SMILES string of the molecule is Cc1ccc([C@@H](C)NC(=S)NC2CCCCC2)cc1. The van der Waals surface area contributed by atoms with Gasteiger partial charge in [-0.25, -0.2) is 0 Å². The van der Waals surface area contributed by atoms with Gasteiger partial charge in [0.05, 0.1) is 6.04 Å². The summed E-state index contributed by atoms with van der Waals surface area (Å²) < 4.78 is 0. The molecule has 1 aliphatic rings. The van der Waals surface area contributed by atoms with Crippen molar-refractivity contribution in [3.8, 4) is 0 Å². The summed E-state index contributed by atoms with van der Waals surface area (Å²) in [5.41, 5.74) is 2.57. The van der Waals surface area contributed by atoms with Gasteiger partial charge < -0.3 is 10.6 Å². The Bertz CT molecular complexity index is 407. The molecule has 0 radical (unpaired) electrons. The van der Waals surface area contributed by atoms with Gasteiger partial charge in [-0.1, -0.05) is 49.1 Å². The molecule has 1 fully saturated rings. The van der Waals surface area contributed by atoms with Crippen LogP contribution in [0.3, 0.4) is 0 Å². The average molecular weight is 276 g/mol. The highest BCUT2D eigenvalue weighted by Gasteiger charge is 2.15. The van der Waals surface area contributed by atoms with E-state index in [2.05, 4.69) is 48.7 Å². The monoisotopic (exact) mass is 276 g/mol. The maximum Gasteiger partial charge on any atom is 0.166 e. The van der Waals surface area contributed by atoms with E-state index >= 15 is 0 Å². The summed E-state index contributed by atoms with van der Waals surface area (Å²) in [7, 11) is 0. The summed E-state index contributed by atoms with van der Waals surface area (Å²) in [6.45, 7) is 4.26. The number of aryl methyl sites for hydroxylation is 1. The minimum absolute atomic E-state index is 0.254. The molecule has 0 aromatic heterocycles. The molecular weight excluding hydrogens is 252 g/mol. The second-order valence-electron chi connectivity index (χ2n) is 5.59. The smallest absolute Gasteiger partial charge is 0.166 e. The summed E-state index contributed by atoms with van der Waals surface area (Å²) in [6.07, 6.45) is 6.53. The van der Waals surface area contributed by atoms with Crippen molar-refractivity contribution < 1.29 is 0 Å². The Kier molecular flexibility index (Phi) is 5.20. The fraction of sp³-hybridized carbons (Fsp3) is 0.562. The van der Waals surface area contributed by atoms with Gasteiger partial charge in [0.15, 0.2) is 5.11 Å². The number of hydrogen-bond donors (Lipinski definition) is 2. The quantitative estimate of drug-likeness (QED) is 0.820. The van der Waals surface area contributed by atoms with E-state index in [0.717, 1.165) is 5.11 Å². The standard InChI is InChI=1S/C16H24N2S/c1-12-8-10-14(11-9-12)13(2)17-16(19)18-15-6-4-3-5-7-15/h8-11,13,15H,3-7H2,1-2H3,(H2,17,18,19)/t13-/m1/s1. The van der Waals surface area contributed by atoms with Crippen LogP contribution in [0.4, 0.5) is 0 Å². The van der Waals surface area contributed by atoms with Crippen LogP contribution in [0.25, 0.3) is 0 Å². The zero-order valence-electron chi connectivity index (χ0n) is 11.9. The second kappa shape index (κ2) is 6.90. The van der Waals surface area contributed by atoms with E-state index < -0.39 is 0 Å². The highest BCUT2D eigenvalue weighted by Crippen LogP contribution is 2.18. The lowest BCUT2D eigenvalue weighted by Gasteiger charge is -2.26. The first-order valence-electron chi connectivity index (χ1n) is 7.29. The molecule has 1 aromatic rings. The summed E-state index contributed by atoms with van der Waals surface area (Å²) in [5.74, 6) is 0. The van der Waals surface area contributed by atoms with E-state index in [-0.39, 0.29) is 6.04 Å². The fourth-order valence-electron chi connectivity index (χ4n) is 2.61. The van der Waals surface area contributed by atoms with Crippen molar-refractivity contribution in [2.75, 3.05) is 0 Å². The van der Waals surface area contributed by atoms with E-state index in [0.29, 0.717) is 6.04 Å². The Balaban J connectivity index is 1.82. The molecule has 0 bridgehead atoms. The molecule has 1 aromatic carbocycles. The van der Waals surface area contributed by atoms with E-state index in [1.807, 2.05) is 0 Å². The van der Waals surface area contributed by atoms with Crippen LogP contribution in [0.2, 0.25) is 0 Å². The molecule has 1 saturated carbocycles. The third-order valence-electron chi connectivity index (χ3n) is 3.87. The molecule has 0 spiro atoms. The molecule has 1 atom stereocenters. The van der Waals surface area contributed by atoms with E-state index in [4.69, 9.17) is 12.2 Å². The Morgan fingerprint density at radius 2 is 1.79 bits per heavy atom. The topological polar surface area (TPSA) is 24.1 Å². The summed E-state index contributed by atoms with van der Waals surface area (Å²) in [6, 6.07) is 9.44. The van der Waals surface area contributed by atoms with Crippen molar-refractivity contribution in [3.63, 3.8) is 0 Å². The molecule has 19 heavy (non-hydrogen) atoms. The van der Waals surface area contributed by atoms with Gasteiger partial charge in [-0.2, -0.15) is 0 Å². The van der Waals surface area contributed by atoms with Gasteiger partial charge in [0.1, 0.15) is 0 Å². The average Bonchev–Trinajstić information content (AvgIpc) is 2.40. The van der Waals surface area contributed by atoms with Crippen molar-refractivity contribution in [1.29, 1.82) is 0 Å². The third-order valence-corrected chi connectivity index (χ3v) is 4.10. The second-order valence-corrected chi connectivity index (χ2v) is 5.99. The van der Waals surface area contributed by atoms with Crippen LogP contribution < -0.4 is 10.6 Å². The number of benzene rings is 1. The van der Waals surface area contributed by atoms with Gasteiger partial charge in [-0.15, -0.1) is 0 Å². The minimum Gasteiger partial charge on any atom is -0.360 e. The van der Waals surface area contributed by atoms with E-state index in [9.17, 15) is 0 Å². The molecule has 2 rings (SSSR count). The predicted molar refractivity (Wildman–Crippen MR) is 85.3 cm³/mol. The maximum absolute atomic E-state index is 5.41. The van der Waals surface area contributed by atoms with Gasteiger partial charge in [0.2, 0.25) is 0 Å². The minimum atomic E-state index is 0.254. The molecule has 0 unspecified atom stereocenters. The van der Waals surface area contributed by atoms with Crippen molar-refractivity contribution in [3.05, 3.63) is 35.4 Å². The Morgan fingerprint density at radius 1 is 1.16 bits per heavy atom. The molecule has 1 aliphatic carbocycles. The molecule has 2 nitrogen and oxygen atoms in total. The predicted octanol–water partition coefficient (Wildman–Crippen LogP) is 3.85. The van der Waals surface area contributed by atoms with Gasteiger partial charge in [-0.3, -0.25) is 0 Å². The first kappa shape index (κ1) is 14.3. The van der Waals surface area contributed by atoms with Gasteiger partial charge in [0, 0.05) is 6.04 Å². The number of rotatable bonds is 3. The van der Waals surface area contributed by atoms with Crippen LogP contribution in [-0.4, -0.2) is 11.2 Å². The first-order chi connectivity index (χ1) is 9.15. The highest BCUT2D eigenvalue weighted by molar-refractivity contribution is 7.80. The molecule has 104 valence electrons. The van der Waals surface area contributed by atoms with Crippen LogP contribution in [-0.2, 0) is 0 Å². The van der Waals surface area contributed by atoms with Gasteiger partial charge in [0.25, 0.3) is 0 Å². The summed E-state index contributed by atoms with van der Waals surface area (Å²) >= 11 is 5.41. The molecule has 3 heteroatoms. The third kappa shape index (κ3) is 4.50. The Labute approximate surface area is 122 Å². The van der Waals surface area contributed by atoms with Crippen LogP contribution in [0.1, 0.15) is 56.2 Å². The lowest BCUT2D eigenvalue weighted by Crippen LogP contribution is -2.43. The van der Waals surface area contributed by atoms with Crippen LogP contribution in [0.15, 0.2) is 24.3 Å². The fourth-order valence-corrected chi connectivity index (χ4v) is 2.95. The highest BCUT2D eigenvalue weighted by atomic mass is 32.1. The largest absolute Gasteiger partial charge is 0.360 e. The van der Waals surface area contributed by atoms with Crippen molar-refractivity contribution >= 4 is 17.3 Å². The Morgan fingerprint density at radius 3 is 2.42 bits per heavy atom. The van der Waals surface area contributed by atoms with Crippen LogP contribution in [0.5, 0.6) is 0 Å². The zero-order valence-corrected chi connectivity index (χ0v) is 12.7. The zero-order chi connectivity index (χ0) is 13.7. The summed E-state index contributed by atoms with van der Waals surface area (Å²) in [5, 5.41) is 7.63. The van der Waals surface area contributed by atoms with Crippen molar-refractivity contribution in [2.45, 2.75) is 58.0 Å². The Hall–Kier alpha value is -1.09. The lowest BCUT2D eigenvalue weighted by atomic mass is 9.96. The van der Waals surface area contributed by atoms with E-state index in [1.165, 1.54) is 43.2 Å². The van der Waals surface area contributed by atoms with Gasteiger partial charge in [-0.05, 0) is 44.5 Å². The van der Waals surface area contributed by atoms with Gasteiger partial charge >= 0.3 is 0 Å². The molecule has 0 amide bonds. The first-order valence-corrected chi connectivity index (χ1v) is 7.69. The number of hydrogen-bond acceptors (Lipinski definition) is 1. The lowest BCUT2D eigenvalue weighted by molar-refractivity contribution is 0.411. The van der Waals surface area contributed by atoms with Crippen molar-refractivity contribution in [2.24, 2.45) is 0 Å². The maximum atomic E-state index is 5.41. The van der Waals surface area contributed by atoms with Crippen molar-refractivity contribution in [1.82, 2.24) is 10.6 Å². The number of thiocarbonyl (C=S) groups is 1. The number of nitrogens with one attached hydrogen (secondary N) is 2. The summed E-state index contributed by atoms with van der Waals surface area (Å²) in [4.78, 5) is 0. The molecular formula is C16H24N2S. The molecule has 0 saturated heterocycles. The van der Waals surface area contributed by atoms with Crippen LogP contribution >= 0.6 is 12.2 Å². The molecule has 0 aliphatic heterocycles. The van der Waals surface area contributed by atoms with E-state index in [1.54, 1.807) is 0 Å². The molecule has 0 heterocycles. The molecule has 2 N–H and O–H groups in total.